The largest absolute Gasteiger partial charge is 0.495 e. The second-order valence-corrected chi connectivity index (χ2v) is 12.4. The molecule has 3 aromatic rings. The highest BCUT2D eigenvalue weighted by Crippen LogP contribution is 2.32. The molecule has 1 atom stereocenters. The molecule has 0 heterocycles. The lowest BCUT2D eigenvalue weighted by molar-refractivity contribution is -0.139. The first-order valence-corrected chi connectivity index (χ1v) is 15.3. The number of anilines is 1. The first-order valence-electron chi connectivity index (χ1n) is 12.7. The second-order valence-electron chi connectivity index (χ2n) is 9.26. The number of sulfonamides is 1. The number of hydrogen-bond donors (Lipinski definition) is 1. The van der Waals surface area contributed by atoms with Crippen molar-refractivity contribution in [3.05, 3.63) is 87.4 Å². The van der Waals surface area contributed by atoms with E-state index in [4.69, 9.17) is 16.3 Å². The fourth-order valence-electron chi connectivity index (χ4n) is 3.94. The van der Waals surface area contributed by atoms with Gasteiger partial charge in [-0.15, -0.1) is 0 Å². The molecule has 2 amide bonds. The van der Waals surface area contributed by atoms with Crippen molar-refractivity contribution >= 4 is 55.1 Å². The van der Waals surface area contributed by atoms with E-state index in [2.05, 4.69) is 21.2 Å². The molecule has 3 aromatic carbocycles. The number of nitrogens with one attached hydrogen (secondary N) is 1. The first kappa shape index (κ1) is 31.4. The van der Waals surface area contributed by atoms with E-state index in [-0.39, 0.29) is 28.1 Å². The van der Waals surface area contributed by atoms with Crippen LogP contribution in [0.25, 0.3) is 0 Å². The van der Waals surface area contributed by atoms with Gasteiger partial charge in [-0.2, -0.15) is 0 Å². The lowest BCUT2D eigenvalue weighted by atomic mass is 10.1. The van der Waals surface area contributed by atoms with E-state index < -0.39 is 28.5 Å². The number of rotatable bonds is 12. The van der Waals surface area contributed by atoms with Gasteiger partial charge >= 0.3 is 0 Å². The Balaban J connectivity index is 2.05. The summed E-state index contributed by atoms with van der Waals surface area (Å²) in [6.45, 7) is 5.43. The maximum atomic E-state index is 13.9. The topological polar surface area (TPSA) is 96.0 Å². The van der Waals surface area contributed by atoms with Crippen LogP contribution in [-0.2, 0) is 26.2 Å². The van der Waals surface area contributed by atoms with E-state index in [0.29, 0.717) is 12.3 Å². The maximum absolute atomic E-state index is 13.9. The summed E-state index contributed by atoms with van der Waals surface area (Å²) < 4.78 is 34.9. The first-order chi connectivity index (χ1) is 19.0. The summed E-state index contributed by atoms with van der Waals surface area (Å²) in [5, 5.41) is 3.02. The van der Waals surface area contributed by atoms with Crippen LogP contribution in [0.4, 0.5) is 5.69 Å². The van der Waals surface area contributed by atoms with Crippen molar-refractivity contribution in [2.45, 2.75) is 44.7 Å². The lowest BCUT2D eigenvalue weighted by Crippen LogP contribution is -2.51. The number of carbonyl (C=O) groups is 2. The van der Waals surface area contributed by atoms with Gasteiger partial charge in [-0.05, 0) is 68.3 Å². The van der Waals surface area contributed by atoms with Gasteiger partial charge in [-0.25, -0.2) is 8.42 Å². The molecular weight excluding hydrogens is 618 g/mol. The molecule has 0 aliphatic rings. The van der Waals surface area contributed by atoms with E-state index in [1.807, 2.05) is 38.1 Å². The Kier molecular flexibility index (Phi) is 11.0. The van der Waals surface area contributed by atoms with Gasteiger partial charge in [0, 0.05) is 17.6 Å². The predicted molar refractivity (Wildman–Crippen MR) is 161 cm³/mol. The summed E-state index contributed by atoms with van der Waals surface area (Å²) in [5.74, 6) is -0.514. The number of halogens is 2. The van der Waals surface area contributed by atoms with Crippen LogP contribution in [0.5, 0.6) is 5.75 Å². The monoisotopic (exact) mass is 649 g/mol. The number of carbonyl (C=O) groups excluding carboxylic acids is 2. The molecule has 3 rings (SSSR count). The van der Waals surface area contributed by atoms with Crippen LogP contribution in [0.3, 0.4) is 0 Å². The van der Waals surface area contributed by atoms with Crippen molar-refractivity contribution < 1.29 is 22.7 Å². The molecule has 0 saturated heterocycles. The Bertz CT molecular complexity index is 1430. The molecule has 0 fully saturated rings. The predicted octanol–water partition coefficient (Wildman–Crippen LogP) is 5.56. The Labute approximate surface area is 249 Å². The van der Waals surface area contributed by atoms with Gasteiger partial charge in [0.2, 0.25) is 11.8 Å². The Morgan fingerprint density at radius 2 is 1.70 bits per heavy atom. The van der Waals surface area contributed by atoms with Gasteiger partial charge in [0.1, 0.15) is 18.3 Å². The van der Waals surface area contributed by atoms with Gasteiger partial charge in [0.25, 0.3) is 10.0 Å². The van der Waals surface area contributed by atoms with Crippen LogP contribution in [0.15, 0.2) is 76.1 Å². The average Bonchev–Trinajstić information content (AvgIpc) is 2.93. The zero-order chi connectivity index (χ0) is 29.4. The normalized spacial score (nSPS) is 11.9. The maximum Gasteiger partial charge on any atom is 0.264 e. The lowest BCUT2D eigenvalue weighted by Gasteiger charge is -2.32. The molecule has 0 bridgehead atoms. The summed E-state index contributed by atoms with van der Waals surface area (Å²) in [6, 6.07) is 17.4. The van der Waals surface area contributed by atoms with Crippen molar-refractivity contribution in [2.24, 2.45) is 0 Å². The minimum Gasteiger partial charge on any atom is -0.495 e. The van der Waals surface area contributed by atoms with Crippen LogP contribution in [0.2, 0.25) is 5.02 Å². The van der Waals surface area contributed by atoms with Crippen molar-refractivity contribution in [3.63, 3.8) is 0 Å². The molecule has 40 heavy (non-hydrogen) atoms. The van der Waals surface area contributed by atoms with Crippen LogP contribution in [-0.4, -0.2) is 51.4 Å². The van der Waals surface area contributed by atoms with E-state index in [9.17, 15) is 18.0 Å². The van der Waals surface area contributed by atoms with Crippen molar-refractivity contribution in [1.29, 1.82) is 0 Å². The number of amides is 2. The Morgan fingerprint density at radius 1 is 1.05 bits per heavy atom. The molecule has 0 aliphatic carbocycles. The highest BCUT2D eigenvalue weighted by atomic mass is 79.9. The molecular formula is C29H33BrClN3O5S. The van der Waals surface area contributed by atoms with Gasteiger partial charge in [0.05, 0.1) is 22.7 Å². The minimum atomic E-state index is -4.19. The number of benzene rings is 3. The summed E-state index contributed by atoms with van der Waals surface area (Å²) in [5.41, 5.74) is 1.86. The third-order valence-corrected chi connectivity index (χ3v) is 8.91. The van der Waals surface area contributed by atoms with Gasteiger partial charge in [0.15, 0.2) is 0 Å². The number of hydrogen-bond acceptors (Lipinski definition) is 5. The van der Waals surface area contributed by atoms with E-state index >= 15 is 0 Å². The van der Waals surface area contributed by atoms with Crippen LogP contribution in [0.1, 0.15) is 31.4 Å². The summed E-state index contributed by atoms with van der Waals surface area (Å²) >= 11 is 9.76. The molecule has 0 saturated carbocycles. The number of aryl methyl sites for hydroxylation is 1. The summed E-state index contributed by atoms with van der Waals surface area (Å²) in [7, 11) is -2.74. The number of nitrogens with zero attached hydrogens (tertiary/aromatic N) is 2. The molecule has 0 aromatic heterocycles. The molecule has 1 N–H and O–H groups in total. The number of ether oxygens (including phenoxy) is 1. The molecule has 214 valence electrons. The molecule has 11 heteroatoms. The molecule has 0 spiro atoms. The van der Waals surface area contributed by atoms with E-state index in [0.717, 1.165) is 26.3 Å². The van der Waals surface area contributed by atoms with Crippen LogP contribution in [0, 0.1) is 6.92 Å². The summed E-state index contributed by atoms with van der Waals surface area (Å²) in [4.78, 5) is 28.3. The third-order valence-electron chi connectivity index (χ3n) is 6.29. The zero-order valence-corrected chi connectivity index (χ0v) is 26.0. The Hall–Kier alpha value is -3.08. The van der Waals surface area contributed by atoms with Gasteiger partial charge in [-0.1, -0.05) is 64.3 Å². The quantitative estimate of drug-likeness (QED) is 0.277. The van der Waals surface area contributed by atoms with Crippen LogP contribution < -0.4 is 14.4 Å². The van der Waals surface area contributed by atoms with Crippen molar-refractivity contribution in [1.82, 2.24) is 10.2 Å². The Morgan fingerprint density at radius 3 is 2.27 bits per heavy atom. The van der Waals surface area contributed by atoms with E-state index in [1.165, 1.54) is 36.3 Å². The molecule has 8 nitrogen and oxygen atoms in total. The molecule has 1 unspecified atom stereocenters. The highest BCUT2D eigenvalue weighted by molar-refractivity contribution is 9.10. The fourth-order valence-corrected chi connectivity index (χ4v) is 5.86. The average molecular weight is 651 g/mol. The fraction of sp³-hybridized carbons (Fsp3) is 0.310. The number of methoxy groups -OCH3 is 1. The van der Waals surface area contributed by atoms with Crippen molar-refractivity contribution in [3.8, 4) is 5.75 Å². The highest BCUT2D eigenvalue weighted by Gasteiger charge is 2.32. The van der Waals surface area contributed by atoms with Crippen LogP contribution >= 0.6 is 27.5 Å². The standard InChI is InChI=1S/C29H33BrClN3O5S/c1-5-16-32-29(36)21(3)33(18-22-8-10-23(30)11-9-22)28(35)19-34(24-12-15-27(39-4)26(31)17-24)40(37,38)25-13-6-20(2)7-14-25/h6-15,17,21H,5,16,18-19H2,1-4H3,(H,32,36). The minimum absolute atomic E-state index is 0.0195. The molecule has 0 aliphatic heterocycles. The van der Waals surface area contributed by atoms with E-state index in [1.54, 1.807) is 25.1 Å². The smallest absolute Gasteiger partial charge is 0.264 e. The third kappa shape index (κ3) is 7.77. The van der Waals surface area contributed by atoms with Gasteiger partial charge in [-0.3, -0.25) is 13.9 Å². The zero-order valence-electron chi connectivity index (χ0n) is 22.9. The SMILES string of the molecule is CCCNC(=O)C(C)N(Cc1ccc(Br)cc1)C(=O)CN(c1ccc(OC)c(Cl)c1)S(=O)(=O)c1ccc(C)cc1. The van der Waals surface area contributed by atoms with Gasteiger partial charge < -0.3 is 15.0 Å². The second kappa shape index (κ2) is 14.0. The molecule has 0 radical (unpaired) electrons. The van der Waals surface area contributed by atoms with Crippen molar-refractivity contribution in [2.75, 3.05) is 24.5 Å². The summed E-state index contributed by atoms with van der Waals surface area (Å²) in [6.07, 6.45) is 0.736.